The van der Waals surface area contributed by atoms with E-state index in [1.807, 2.05) is 18.4 Å². The van der Waals surface area contributed by atoms with Crippen LogP contribution >= 0.6 is 11.8 Å². The number of hydrogen-bond acceptors (Lipinski definition) is 3. The largest absolute Gasteiger partial charge is 0.484 e. The lowest BCUT2D eigenvalue weighted by atomic mass is 10.2. The van der Waals surface area contributed by atoms with Crippen LogP contribution in [-0.2, 0) is 6.54 Å². The molecular weight excluding hydrogens is 353 g/mol. The smallest absolute Gasteiger partial charge is 0.422 e. The van der Waals surface area contributed by atoms with E-state index in [-0.39, 0.29) is 12.3 Å². The van der Waals surface area contributed by atoms with Crippen molar-refractivity contribution in [1.29, 1.82) is 0 Å². The minimum atomic E-state index is -4.39. The molecule has 0 unspecified atom stereocenters. The Morgan fingerprint density at radius 1 is 1.16 bits per heavy atom. The van der Waals surface area contributed by atoms with Crippen LogP contribution in [0.3, 0.4) is 0 Å². The molecule has 0 aliphatic heterocycles. The number of alkyl halides is 3. The van der Waals surface area contributed by atoms with Crippen LogP contribution in [0.25, 0.3) is 0 Å². The second-order valence-electron chi connectivity index (χ2n) is 5.09. The summed E-state index contributed by atoms with van der Waals surface area (Å²) in [6.07, 6.45) is -2.43. The number of halogens is 3. The highest BCUT2D eigenvalue weighted by atomic mass is 32.2. The molecule has 0 fully saturated rings. The number of urea groups is 1. The summed E-state index contributed by atoms with van der Waals surface area (Å²) in [7, 11) is 0. The van der Waals surface area contributed by atoms with Gasteiger partial charge in [0.1, 0.15) is 5.75 Å². The van der Waals surface area contributed by atoms with E-state index in [1.54, 1.807) is 36.0 Å². The molecule has 0 spiro atoms. The van der Waals surface area contributed by atoms with Crippen LogP contribution in [0.5, 0.6) is 5.75 Å². The number of rotatable bonds is 6. The highest BCUT2D eigenvalue weighted by Crippen LogP contribution is 2.20. The van der Waals surface area contributed by atoms with Crippen LogP contribution in [-0.4, -0.2) is 25.1 Å². The third kappa shape index (κ3) is 6.96. The predicted octanol–water partition coefficient (Wildman–Crippen LogP) is 4.67. The Labute approximate surface area is 147 Å². The van der Waals surface area contributed by atoms with Gasteiger partial charge >= 0.3 is 12.2 Å². The first kappa shape index (κ1) is 19.0. The van der Waals surface area contributed by atoms with E-state index in [1.165, 1.54) is 12.1 Å². The van der Waals surface area contributed by atoms with Gasteiger partial charge in [0.25, 0.3) is 0 Å². The second kappa shape index (κ2) is 8.66. The molecule has 2 N–H and O–H groups in total. The maximum absolute atomic E-state index is 12.2. The zero-order valence-corrected chi connectivity index (χ0v) is 14.2. The van der Waals surface area contributed by atoms with Gasteiger partial charge in [0.05, 0.1) is 0 Å². The summed E-state index contributed by atoms with van der Waals surface area (Å²) in [5.41, 5.74) is 1.28. The lowest BCUT2D eigenvalue weighted by Crippen LogP contribution is -2.28. The number of carbonyl (C=O) groups excluding carboxylic acids is 1. The number of hydrogen-bond donors (Lipinski definition) is 2. The molecule has 4 nitrogen and oxygen atoms in total. The van der Waals surface area contributed by atoms with E-state index in [2.05, 4.69) is 15.4 Å². The van der Waals surface area contributed by atoms with Crippen LogP contribution in [0.1, 0.15) is 5.56 Å². The Bertz CT molecular complexity index is 706. The molecule has 0 bridgehead atoms. The predicted molar refractivity (Wildman–Crippen MR) is 92.1 cm³/mol. The van der Waals surface area contributed by atoms with Crippen molar-refractivity contribution in [1.82, 2.24) is 5.32 Å². The number of carbonyl (C=O) groups is 1. The number of anilines is 1. The Kier molecular flexibility index (Phi) is 6.58. The third-order valence-corrected chi connectivity index (χ3v) is 3.85. The normalized spacial score (nSPS) is 11.0. The number of thioether (sulfide) groups is 1. The summed E-state index contributed by atoms with van der Waals surface area (Å²) < 4.78 is 41.2. The fourth-order valence-corrected chi connectivity index (χ4v) is 2.35. The van der Waals surface area contributed by atoms with E-state index in [0.29, 0.717) is 11.3 Å². The van der Waals surface area contributed by atoms with E-state index in [9.17, 15) is 18.0 Å². The quantitative estimate of drug-likeness (QED) is 0.727. The first-order chi connectivity index (χ1) is 11.9. The summed E-state index contributed by atoms with van der Waals surface area (Å²) in [6.45, 7) is -1.19. The van der Waals surface area contributed by atoms with Gasteiger partial charge in [0.2, 0.25) is 0 Å². The fourth-order valence-electron chi connectivity index (χ4n) is 1.94. The fraction of sp³-hybridized carbons (Fsp3) is 0.235. The Morgan fingerprint density at radius 2 is 1.88 bits per heavy atom. The molecule has 0 radical (unpaired) electrons. The van der Waals surface area contributed by atoms with Crippen molar-refractivity contribution in [3.05, 3.63) is 54.1 Å². The zero-order valence-electron chi connectivity index (χ0n) is 13.4. The van der Waals surface area contributed by atoms with Gasteiger partial charge in [-0.3, -0.25) is 0 Å². The highest BCUT2D eigenvalue weighted by Gasteiger charge is 2.28. The molecule has 0 aliphatic rings. The van der Waals surface area contributed by atoms with Gasteiger partial charge in [-0.15, -0.1) is 11.8 Å². The maximum Gasteiger partial charge on any atom is 0.422 e. The Hall–Kier alpha value is -2.35. The standard InChI is InChI=1S/C17H17F3N2O2S/c1-25-15-7-5-13(6-8-15)22-16(23)21-10-12-3-2-4-14(9-12)24-11-17(18,19)20/h2-9H,10-11H2,1H3,(H2,21,22,23). The van der Waals surface area contributed by atoms with Crippen molar-refractivity contribution >= 4 is 23.5 Å². The molecule has 0 saturated carbocycles. The first-order valence-corrected chi connectivity index (χ1v) is 8.55. The van der Waals surface area contributed by atoms with Gasteiger partial charge in [-0.1, -0.05) is 12.1 Å². The van der Waals surface area contributed by atoms with Crippen LogP contribution < -0.4 is 15.4 Å². The van der Waals surface area contributed by atoms with Crippen molar-refractivity contribution in [2.75, 3.05) is 18.2 Å². The lowest BCUT2D eigenvalue weighted by Gasteiger charge is -2.11. The maximum atomic E-state index is 12.2. The van der Waals surface area contributed by atoms with Crippen molar-refractivity contribution in [2.45, 2.75) is 17.6 Å². The molecule has 25 heavy (non-hydrogen) atoms. The lowest BCUT2D eigenvalue weighted by molar-refractivity contribution is -0.153. The number of benzene rings is 2. The molecule has 134 valence electrons. The molecule has 2 aromatic rings. The molecule has 2 aromatic carbocycles. The number of nitrogens with one attached hydrogen (secondary N) is 2. The van der Waals surface area contributed by atoms with Crippen LogP contribution in [0.15, 0.2) is 53.4 Å². The topological polar surface area (TPSA) is 50.4 Å². The number of ether oxygens (including phenoxy) is 1. The minimum Gasteiger partial charge on any atom is -0.484 e. The van der Waals surface area contributed by atoms with Gasteiger partial charge in [-0.05, 0) is 48.2 Å². The van der Waals surface area contributed by atoms with Gasteiger partial charge in [0, 0.05) is 17.1 Å². The Balaban J connectivity index is 1.84. The molecule has 0 aliphatic carbocycles. The van der Waals surface area contributed by atoms with E-state index in [4.69, 9.17) is 0 Å². The second-order valence-corrected chi connectivity index (χ2v) is 5.97. The van der Waals surface area contributed by atoms with Gasteiger partial charge in [-0.2, -0.15) is 13.2 Å². The van der Waals surface area contributed by atoms with E-state index < -0.39 is 18.8 Å². The summed E-state index contributed by atoms with van der Waals surface area (Å²) in [5, 5.41) is 5.33. The molecule has 0 saturated heterocycles. The molecule has 0 atom stereocenters. The summed E-state index contributed by atoms with van der Waals surface area (Å²) in [6, 6.07) is 13.1. The highest BCUT2D eigenvalue weighted by molar-refractivity contribution is 7.98. The van der Waals surface area contributed by atoms with Crippen molar-refractivity contribution in [2.24, 2.45) is 0 Å². The summed E-state index contributed by atoms with van der Waals surface area (Å²) >= 11 is 1.60. The molecule has 0 aromatic heterocycles. The molecule has 8 heteroatoms. The minimum absolute atomic E-state index is 0.102. The van der Waals surface area contributed by atoms with Gasteiger partial charge in [-0.25, -0.2) is 4.79 Å². The SMILES string of the molecule is CSc1ccc(NC(=O)NCc2cccc(OCC(F)(F)F)c2)cc1. The van der Waals surface area contributed by atoms with Crippen LogP contribution in [0.2, 0.25) is 0 Å². The van der Waals surface area contributed by atoms with Gasteiger partial charge in [0.15, 0.2) is 6.61 Å². The average Bonchev–Trinajstić information content (AvgIpc) is 2.59. The van der Waals surface area contributed by atoms with E-state index in [0.717, 1.165) is 4.90 Å². The monoisotopic (exact) mass is 370 g/mol. The molecule has 2 rings (SSSR count). The third-order valence-electron chi connectivity index (χ3n) is 3.10. The van der Waals surface area contributed by atoms with Gasteiger partial charge < -0.3 is 15.4 Å². The molecule has 2 amide bonds. The molecular formula is C17H17F3N2O2S. The molecule has 0 heterocycles. The van der Waals surface area contributed by atoms with Crippen molar-refractivity contribution in [3.8, 4) is 5.75 Å². The van der Waals surface area contributed by atoms with E-state index >= 15 is 0 Å². The summed E-state index contributed by atoms with van der Waals surface area (Å²) in [4.78, 5) is 13.0. The Morgan fingerprint density at radius 3 is 2.52 bits per heavy atom. The zero-order chi connectivity index (χ0) is 18.3. The van der Waals surface area contributed by atoms with Crippen LogP contribution in [0.4, 0.5) is 23.7 Å². The average molecular weight is 370 g/mol. The summed E-state index contributed by atoms with van der Waals surface area (Å²) in [5.74, 6) is 0.102. The van der Waals surface area contributed by atoms with Crippen molar-refractivity contribution in [3.63, 3.8) is 0 Å². The number of amides is 2. The first-order valence-electron chi connectivity index (χ1n) is 7.33. The van der Waals surface area contributed by atoms with Crippen LogP contribution in [0, 0.1) is 0 Å². The van der Waals surface area contributed by atoms with Crippen molar-refractivity contribution < 1.29 is 22.7 Å².